The van der Waals surface area contributed by atoms with Crippen LogP contribution in [0.3, 0.4) is 0 Å². The van der Waals surface area contributed by atoms with Gasteiger partial charge in [-0.3, -0.25) is 9.05 Å². The van der Waals surface area contributed by atoms with Gasteiger partial charge in [0, 0.05) is 0 Å². The topological polar surface area (TPSA) is 44.8 Å². The highest BCUT2D eigenvalue weighted by atomic mass is 31.2. The van der Waals surface area contributed by atoms with E-state index < -0.39 is 7.82 Å². The molecule has 2 rings (SSSR count). The molecule has 0 aromatic heterocycles. The highest BCUT2D eigenvalue weighted by molar-refractivity contribution is 7.49. The molecule has 1 aromatic rings. The quantitative estimate of drug-likeness (QED) is 0.686. The fourth-order valence-electron chi connectivity index (χ4n) is 0.999. The Bertz CT molecular complexity index is 314. The average Bonchev–Trinajstić information content (AvgIpc) is 2.54. The van der Waals surface area contributed by atoms with Crippen molar-refractivity contribution in [3.63, 3.8) is 0 Å². The standard InChI is InChI=1S/C8H9O4P/c9-13(10-6-7-11-13)12-8-4-2-1-3-5-8/h1-5H,6-7H2. The highest BCUT2D eigenvalue weighted by Gasteiger charge is 2.33. The van der Waals surface area contributed by atoms with Crippen LogP contribution in [0.2, 0.25) is 0 Å². The van der Waals surface area contributed by atoms with E-state index in [9.17, 15) is 4.57 Å². The highest BCUT2D eigenvalue weighted by Crippen LogP contribution is 2.52. The Morgan fingerprint density at radius 2 is 1.77 bits per heavy atom. The number of benzene rings is 1. The molecule has 0 spiro atoms. The lowest BCUT2D eigenvalue weighted by atomic mass is 10.3. The third-order valence-corrected chi connectivity index (χ3v) is 2.97. The van der Waals surface area contributed by atoms with Crippen LogP contribution >= 0.6 is 7.82 Å². The molecule has 1 aliphatic rings. The number of hydrogen-bond acceptors (Lipinski definition) is 4. The first-order valence-corrected chi connectivity index (χ1v) is 5.38. The summed E-state index contributed by atoms with van der Waals surface area (Å²) in [5, 5.41) is 0. The molecule has 0 amide bonds. The molecule has 1 heterocycles. The van der Waals surface area contributed by atoms with Gasteiger partial charge in [-0.2, -0.15) is 0 Å². The molecule has 0 N–H and O–H groups in total. The zero-order valence-corrected chi connectivity index (χ0v) is 7.78. The summed E-state index contributed by atoms with van der Waals surface area (Å²) in [5.74, 6) is 0.493. The van der Waals surface area contributed by atoms with Gasteiger partial charge >= 0.3 is 7.82 Å². The first-order chi connectivity index (χ1) is 6.29. The lowest BCUT2D eigenvalue weighted by Crippen LogP contribution is -1.91. The summed E-state index contributed by atoms with van der Waals surface area (Å²) in [6, 6.07) is 8.82. The Kier molecular flexibility index (Phi) is 2.36. The van der Waals surface area contributed by atoms with Gasteiger partial charge in [0.05, 0.1) is 13.2 Å². The second-order valence-corrected chi connectivity index (χ2v) is 4.11. The van der Waals surface area contributed by atoms with Crippen molar-refractivity contribution >= 4 is 7.82 Å². The van der Waals surface area contributed by atoms with Gasteiger partial charge in [0.1, 0.15) is 5.75 Å². The normalized spacial score (nSPS) is 20.0. The summed E-state index contributed by atoms with van der Waals surface area (Å²) >= 11 is 0. The van der Waals surface area contributed by atoms with Crippen molar-refractivity contribution in [3.05, 3.63) is 30.3 Å². The lowest BCUT2D eigenvalue weighted by Gasteiger charge is -2.09. The van der Waals surface area contributed by atoms with Gasteiger partial charge in [0.25, 0.3) is 0 Å². The van der Waals surface area contributed by atoms with Crippen LogP contribution in [0, 0.1) is 0 Å². The second kappa shape index (κ2) is 3.50. The van der Waals surface area contributed by atoms with Crippen molar-refractivity contribution in [3.8, 4) is 5.75 Å². The monoisotopic (exact) mass is 200 g/mol. The Morgan fingerprint density at radius 3 is 2.38 bits per heavy atom. The molecule has 13 heavy (non-hydrogen) atoms. The maximum atomic E-state index is 11.5. The van der Waals surface area contributed by atoms with Crippen molar-refractivity contribution in [2.45, 2.75) is 0 Å². The SMILES string of the molecule is O=P1(Oc2ccccc2)OCCO1. The van der Waals surface area contributed by atoms with E-state index in [-0.39, 0.29) is 0 Å². The summed E-state index contributed by atoms with van der Waals surface area (Å²) in [6.45, 7) is 0.647. The van der Waals surface area contributed by atoms with Gasteiger partial charge < -0.3 is 4.52 Å². The lowest BCUT2D eigenvalue weighted by molar-refractivity contribution is 0.270. The predicted molar refractivity (Wildman–Crippen MR) is 46.6 cm³/mol. The van der Waals surface area contributed by atoms with E-state index in [1.165, 1.54) is 0 Å². The van der Waals surface area contributed by atoms with Crippen molar-refractivity contribution in [2.24, 2.45) is 0 Å². The van der Waals surface area contributed by atoms with E-state index in [2.05, 4.69) is 0 Å². The van der Waals surface area contributed by atoms with Crippen molar-refractivity contribution in [1.29, 1.82) is 0 Å². The molecule has 1 fully saturated rings. The van der Waals surface area contributed by atoms with E-state index in [1.807, 2.05) is 6.07 Å². The smallest absolute Gasteiger partial charge is 0.404 e. The van der Waals surface area contributed by atoms with Gasteiger partial charge in [0.2, 0.25) is 0 Å². The van der Waals surface area contributed by atoms with Crippen LogP contribution in [0.5, 0.6) is 5.75 Å². The van der Waals surface area contributed by atoms with Crippen LogP contribution in [-0.4, -0.2) is 13.2 Å². The second-order valence-electron chi connectivity index (χ2n) is 2.52. The van der Waals surface area contributed by atoms with E-state index in [0.717, 1.165) is 0 Å². The molecule has 0 unspecified atom stereocenters. The summed E-state index contributed by atoms with van der Waals surface area (Å²) in [4.78, 5) is 0. The number of hydrogen-bond donors (Lipinski definition) is 0. The minimum Gasteiger partial charge on any atom is -0.404 e. The molecule has 0 radical (unpaired) electrons. The van der Waals surface area contributed by atoms with Gasteiger partial charge in [-0.1, -0.05) is 18.2 Å². The molecule has 4 nitrogen and oxygen atoms in total. The number of para-hydroxylation sites is 1. The van der Waals surface area contributed by atoms with E-state index in [0.29, 0.717) is 19.0 Å². The summed E-state index contributed by atoms with van der Waals surface area (Å²) < 4.78 is 26.3. The average molecular weight is 200 g/mol. The minimum atomic E-state index is -3.29. The Morgan fingerprint density at radius 1 is 1.15 bits per heavy atom. The first-order valence-electron chi connectivity index (χ1n) is 3.92. The van der Waals surface area contributed by atoms with Gasteiger partial charge in [-0.25, -0.2) is 4.57 Å². The van der Waals surface area contributed by atoms with Crippen molar-refractivity contribution in [2.75, 3.05) is 13.2 Å². The van der Waals surface area contributed by atoms with Crippen molar-refractivity contribution in [1.82, 2.24) is 0 Å². The third kappa shape index (κ3) is 2.10. The predicted octanol–water partition coefficient (Wildman–Crippen LogP) is 2.22. The minimum absolute atomic E-state index is 0.324. The van der Waals surface area contributed by atoms with Crippen molar-refractivity contribution < 1.29 is 18.1 Å². The third-order valence-electron chi connectivity index (χ3n) is 1.54. The number of rotatable bonds is 2. The molecule has 5 heteroatoms. The van der Waals surface area contributed by atoms with Crippen LogP contribution in [0.15, 0.2) is 30.3 Å². The van der Waals surface area contributed by atoms with Gasteiger partial charge in [-0.05, 0) is 12.1 Å². The summed E-state index contributed by atoms with van der Waals surface area (Å²) in [7, 11) is -3.29. The molecule has 0 bridgehead atoms. The zero-order chi connectivity index (χ0) is 9.15. The number of phosphoric ester groups is 1. The molecule has 70 valence electrons. The first kappa shape index (κ1) is 8.75. The molecular formula is C8H9O4P. The number of phosphoric acid groups is 1. The van der Waals surface area contributed by atoms with Crippen LogP contribution in [0.1, 0.15) is 0 Å². The van der Waals surface area contributed by atoms with E-state index >= 15 is 0 Å². The molecule has 0 aliphatic carbocycles. The molecule has 0 atom stereocenters. The zero-order valence-electron chi connectivity index (χ0n) is 6.88. The Hall–Kier alpha value is -0.830. The van der Waals surface area contributed by atoms with Gasteiger partial charge in [0.15, 0.2) is 0 Å². The molecule has 1 aliphatic heterocycles. The molecule has 1 saturated heterocycles. The molecule has 1 aromatic carbocycles. The molecular weight excluding hydrogens is 191 g/mol. The fourth-order valence-corrected chi connectivity index (χ4v) is 2.15. The van der Waals surface area contributed by atoms with Crippen LogP contribution < -0.4 is 4.52 Å². The van der Waals surface area contributed by atoms with Crippen LogP contribution in [0.25, 0.3) is 0 Å². The summed E-state index contributed by atoms with van der Waals surface area (Å²) in [6.07, 6.45) is 0. The maximum Gasteiger partial charge on any atom is 0.530 e. The molecule has 0 saturated carbocycles. The van der Waals surface area contributed by atoms with E-state index in [1.54, 1.807) is 24.3 Å². The fraction of sp³-hybridized carbons (Fsp3) is 0.250. The van der Waals surface area contributed by atoms with Crippen LogP contribution in [0.4, 0.5) is 0 Å². The Balaban J connectivity index is 2.10. The summed E-state index contributed by atoms with van der Waals surface area (Å²) in [5.41, 5.74) is 0. The van der Waals surface area contributed by atoms with Gasteiger partial charge in [-0.15, -0.1) is 0 Å². The van der Waals surface area contributed by atoms with E-state index in [4.69, 9.17) is 13.6 Å². The maximum absolute atomic E-state index is 11.5. The van der Waals surface area contributed by atoms with Crippen LogP contribution in [-0.2, 0) is 13.6 Å². The largest absolute Gasteiger partial charge is 0.530 e. The Labute approximate surface area is 76.0 Å².